The number of guanidine groups is 1. The number of halogens is 1. The lowest BCUT2D eigenvalue weighted by Gasteiger charge is -2.13. The highest BCUT2D eigenvalue weighted by molar-refractivity contribution is 14.0. The molecule has 8 heteroatoms. The number of benzene rings is 1. The summed E-state index contributed by atoms with van der Waals surface area (Å²) in [6, 6.07) is 6.53. The van der Waals surface area contributed by atoms with E-state index < -0.39 is 0 Å². The molecule has 0 spiro atoms. The number of hydrogen-bond donors (Lipinski definition) is 2. The Morgan fingerprint density at radius 3 is 2.66 bits per heavy atom. The van der Waals surface area contributed by atoms with Crippen LogP contribution in [0.2, 0.25) is 0 Å². The number of ether oxygens (including phenoxy) is 1. The monoisotopic (exact) mass is 531 g/mol. The van der Waals surface area contributed by atoms with Crippen molar-refractivity contribution < 1.29 is 4.74 Å². The van der Waals surface area contributed by atoms with Crippen molar-refractivity contribution in [3.63, 3.8) is 0 Å². The largest absolute Gasteiger partial charge is 0.383 e. The summed E-state index contributed by atoms with van der Waals surface area (Å²) in [7, 11) is 1.71. The molecule has 0 amide bonds. The van der Waals surface area contributed by atoms with Gasteiger partial charge in [-0.3, -0.25) is 4.68 Å². The van der Waals surface area contributed by atoms with Crippen molar-refractivity contribution in [2.75, 3.05) is 26.5 Å². The van der Waals surface area contributed by atoms with Crippen LogP contribution >= 0.6 is 35.7 Å². The first-order chi connectivity index (χ1) is 13.5. The zero-order valence-electron chi connectivity index (χ0n) is 18.3. The molecule has 0 aliphatic heterocycles. The fourth-order valence-electron chi connectivity index (χ4n) is 3.05. The van der Waals surface area contributed by atoms with Crippen LogP contribution in [0.25, 0.3) is 0 Å². The van der Waals surface area contributed by atoms with E-state index in [0.717, 1.165) is 24.7 Å². The maximum atomic E-state index is 5.17. The Labute approximate surface area is 196 Å². The highest BCUT2D eigenvalue weighted by atomic mass is 127. The molecule has 1 heterocycles. The Bertz CT molecular complexity index is 807. The lowest BCUT2D eigenvalue weighted by molar-refractivity contribution is 0.182. The van der Waals surface area contributed by atoms with E-state index in [9.17, 15) is 0 Å². The zero-order valence-corrected chi connectivity index (χ0v) is 21.5. The van der Waals surface area contributed by atoms with Gasteiger partial charge in [0.2, 0.25) is 0 Å². The third-order valence-corrected chi connectivity index (χ3v) is 5.49. The smallest absolute Gasteiger partial charge is 0.191 e. The van der Waals surface area contributed by atoms with E-state index in [1.54, 1.807) is 18.9 Å². The molecular weight excluding hydrogens is 497 g/mol. The summed E-state index contributed by atoms with van der Waals surface area (Å²) in [5, 5.41) is 11.4. The number of aromatic nitrogens is 2. The maximum Gasteiger partial charge on any atom is 0.191 e. The zero-order chi connectivity index (χ0) is 20.5. The van der Waals surface area contributed by atoms with Crippen molar-refractivity contribution in [2.45, 2.75) is 52.2 Å². The van der Waals surface area contributed by atoms with Crippen LogP contribution < -0.4 is 10.6 Å². The van der Waals surface area contributed by atoms with Gasteiger partial charge in [-0.2, -0.15) is 5.10 Å². The quantitative estimate of drug-likeness (QED) is 0.221. The summed E-state index contributed by atoms with van der Waals surface area (Å²) >= 11 is 1.77. The lowest BCUT2D eigenvalue weighted by atomic mass is 10.1. The molecule has 6 nitrogen and oxygen atoms in total. The summed E-state index contributed by atoms with van der Waals surface area (Å²) in [5.41, 5.74) is 5.94. The molecule has 0 saturated heterocycles. The van der Waals surface area contributed by atoms with Crippen molar-refractivity contribution in [1.29, 1.82) is 0 Å². The van der Waals surface area contributed by atoms with Gasteiger partial charge in [0.1, 0.15) is 0 Å². The van der Waals surface area contributed by atoms with Gasteiger partial charge in [0.05, 0.1) is 25.4 Å². The van der Waals surface area contributed by atoms with Gasteiger partial charge in [0.15, 0.2) is 5.96 Å². The Morgan fingerprint density at radius 1 is 1.24 bits per heavy atom. The van der Waals surface area contributed by atoms with Crippen LogP contribution in [0.5, 0.6) is 0 Å². The van der Waals surface area contributed by atoms with E-state index >= 15 is 0 Å². The maximum absolute atomic E-state index is 5.17. The number of hydrogen-bond acceptors (Lipinski definition) is 4. The number of rotatable bonds is 9. The fraction of sp³-hybridized carbons (Fsp3) is 0.524. The van der Waals surface area contributed by atoms with Gasteiger partial charge in [-0.15, -0.1) is 35.7 Å². The second-order valence-corrected chi connectivity index (χ2v) is 7.58. The molecule has 1 aromatic carbocycles. The average Bonchev–Trinajstić information content (AvgIpc) is 2.96. The molecule has 0 atom stereocenters. The van der Waals surface area contributed by atoms with Crippen LogP contribution in [0.1, 0.15) is 35.0 Å². The van der Waals surface area contributed by atoms with E-state index in [1.807, 2.05) is 4.68 Å². The second-order valence-electron chi connectivity index (χ2n) is 6.73. The van der Waals surface area contributed by atoms with Crippen LogP contribution in [-0.2, 0) is 24.4 Å². The summed E-state index contributed by atoms with van der Waals surface area (Å²) < 4.78 is 7.18. The summed E-state index contributed by atoms with van der Waals surface area (Å²) in [5.74, 6) is 0.818. The van der Waals surface area contributed by atoms with Crippen molar-refractivity contribution >= 4 is 41.7 Å². The Balaban J connectivity index is 0.00000420. The van der Waals surface area contributed by atoms with Crippen LogP contribution in [0.15, 0.2) is 28.1 Å². The van der Waals surface area contributed by atoms with E-state index in [4.69, 9.17) is 9.73 Å². The minimum absolute atomic E-state index is 0. The molecule has 0 aliphatic carbocycles. The lowest BCUT2D eigenvalue weighted by Crippen LogP contribution is -2.37. The third kappa shape index (κ3) is 7.49. The molecule has 162 valence electrons. The van der Waals surface area contributed by atoms with Crippen LogP contribution in [-0.4, -0.2) is 42.3 Å². The average molecular weight is 532 g/mol. The first-order valence-electron chi connectivity index (χ1n) is 9.67. The van der Waals surface area contributed by atoms with Crippen molar-refractivity contribution in [3.8, 4) is 0 Å². The first kappa shape index (κ1) is 25.8. The molecule has 0 saturated carbocycles. The summed E-state index contributed by atoms with van der Waals surface area (Å²) in [6.45, 7) is 11.9. The Kier molecular flexibility index (Phi) is 11.7. The van der Waals surface area contributed by atoms with Crippen LogP contribution in [0.3, 0.4) is 0 Å². The van der Waals surface area contributed by atoms with Gasteiger partial charge in [-0.05, 0) is 51.1 Å². The molecule has 2 N–H and O–H groups in total. The molecule has 0 bridgehead atoms. The molecule has 2 rings (SSSR count). The molecule has 0 unspecified atom stereocenters. The molecule has 0 fully saturated rings. The molecule has 0 aliphatic rings. The fourth-order valence-corrected chi connectivity index (χ4v) is 3.74. The number of thioether (sulfide) groups is 1. The molecule has 0 radical (unpaired) electrons. The molecule has 2 aromatic rings. The van der Waals surface area contributed by atoms with Crippen molar-refractivity contribution in [3.05, 3.63) is 46.3 Å². The highest BCUT2D eigenvalue weighted by Gasteiger charge is 2.12. The Morgan fingerprint density at radius 2 is 2.00 bits per heavy atom. The van der Waals surface area contributed by atoms with Gasteiger partial charge in [-0.25, -0.2) is 4.99 Å². The molecular formula is C21H34IN5OS. The first-order valence-corrected chi connectivity index (χ1v) is 10.9. The summed E-state index contributed by atoms with van der Waals surface area (Å²) in [4.78, 5) is 6.07. The van der Waals surface area contributed by atoms with E-state index in [1.165, 1.54) is 27.3 Å². The topological polar surface area (TPSA) is 63.5 Å². The third-order valence-electron chi connectivity index (χ3n) is 4.67. The standard InChI is InChI=1S/C21H33N5OS.HI/c1-7-22-21(23-13-18-9-8-15(2)12-20(18)28-6)24-14-19-16(3)25-26(17(19)4)10-11-27-5;/h8-9,12H,7,10-11,13-14H2,1-6H3,(H2,22,23,24);1H. The molecule has 29 heavy (non-hydrogen) atoms. The van der Waals surface area contributed by atoms with E-state index in [0.29, 0.717) is 19.7 Å². The molecule has 1 aromatic heterocycles. The van der Waals surface area contributed by atoms with Crippen molar-refractivity contribution in [2.24, 2.45) is 4.99 Å². The van der Waals surface area contributed by atoms with Gasteiger partial charge in [0.25, 0.3) is 0 Å². The number of aliphatic imine (C=N–C) groups is 1. The Hall–Kier alpha value is -1.26. The van der Waals surface area contributed by atoms with Crippen molar-refractivity contribution in [1.82, 2.24) is 20.4 Å². The van der Waals surface area contributed by atoms with E-state index in [-0.39, 0.29) is 24.0 Å². The van der Waals surface area contributed by atoms with Crippen LogP contribution in [0.4, 0.5) is 0 Å². The second kappa shape index (κ2) is 13.1. The minimum Gasteiger partial charge on any atom is -0.383 e. The van der Waals surface area contributed by atoms with Gasteiger partial charge < -0.3 is 15.4 Å². The predicted octanol–water partition coefficient (Wildman–Crippen LogP) is 4.05. The summed E-state index contributed by atoms with van der Waals surface area (Å²) in [6.07, 6.45) is 2.11. The normalized spacial score (nSPS) is 11.3. The SMILES string of the molecule is CCNC(=NCc1ccc(C)cc1SC)NCc1c(C)nn(CCOC)c1C.I. The minimum atomic E-state index is 0. The van der Waals surface area contributed by atoms with Gasteiger partial charge in [0, 0.05) is 36.4 Å². The predicted molar refractivity (Wildman–Crippen MR) is 134 cm³/mol. The van der Waals surface area contributed by atoms with Crippen LogP contribution in [0, 0.1) is 20.8 Å². The number of nitrogens with zero attached hydrogens (tertiary/aromatic N) is 3. The highest BCUT2D eigenvalue weighted by Crippen LogP contribution is 2.22. The van der Waals surface area contributed by atoms with E-state index in [2.05, 4.69) is 67.9 Å². The number of aryl methyl sites for hydroxylation is 2. The number of nitrogens with one attached hydrogen (secondary N) is 2. The number of methoxy groups -OCH3 is 1. The van der Waals surface area contributed by atoms with Gasteiger partial charge in [-0.1, -0.05) is 12.1 Å². The van der Waals surface area contributed by atoms with Gasteiger partial charge >= 0.3 is 0 Å².